The molecule has 1 atom stereocenters. The van der Waals surface area contributed by atoms with Gasteiger partial charge < -0.3 is 5.32 Å². The number of carbonyl (C=O) groups is 1. The molecular formula is C11H13N3O. The second-order valence-corrected chi connectivity index (χ2v) is 3.41. The summed E-state index contributed by atoms with van der Waals surface area (Å²) in [5.41, 5.74) is 1.25. The molecule has 0 aromatic carbocycles. The van der Waals surface area contributed by atoms with E-state index < -0.39 is 0 Å². The van der Waals surface area contributed by atoms with Gasteiger partial charge in [0.05, 0.1) is 12.5 Å². The fourth-order valence-electron chi connectivity index (χ4n) is 1.20. The highest BCUT2D eigenvalue weighted by molar-refractivity contribution is 5.93. The average Bonchev–Trinajstić information content (AvgIpc) is 2.18. The van der Waals surface area contributed by atoms with Gasteiger partial charge in [0.25, 0.3) is 5.91 Å². The predicted molar refractivity (Wildman–Crippen MR) is 56.1 cm³/mol. The Morgan fingerprint density at radius 2 is 2.47 bits per heavy atom. The lowest BCUT2D eigenvalue weighted by molar-refractivity contribution is 0.0935. The normalized spacial score (nSPS) is 11.5. The minimum Gasteiger partial charge on any atom is -0.347 e. The molecule has 0 bridgehead atoms. The molecule has 0 spiro atoms. The van der Waals surface area contributed by atoms with Crippen molar-refractivity contribution in [2.45, 2.75) is 26.3 Å². The number of pyridine rings is 1. The van der Waals surface area contributed by atoms with Crippen molar-refractivity contribution in [1.82, 2.24) is 10.3 Å². The van der Waals surface area contributed by atoms with Gasteiger partial charge in [-0.3, -0.25) is 9.78 Å². The summed E-state index contributed by atoms with van der Waals surface area (Å²) in [5, 5.41) is 11.2. The molecule has 0 aliphatic heterocycles. The molecule has 1 amide bonds. The Labute approximate surface area is 88.9 Å². The SMILES string of the molecule is Cc1cccnc1C(=O)NC(C)CC#N. The number of aryl methyl sites for hydroxylation is 1. The van der Waals surface area contributed by atoms with Gasteiger partial charge in [-0.15, -0.1) is 0 Å². The van der Waals surface area contributed by atoms with Crippen LogP contribution in [0, 0.1) is 18.3 Å². The summed E-state index contributed by atoms with van der Waals surface area (Å²) in [6, 6.07) is 5.47. The molecule has 1 rings (SSSR count). The summed E-state index contributed by atoms with van der Waals surface area (Å²) in [6.45, 7) is 3.62. The van der Waals surface area contributed by atoms with Crippen LogP contribution in [0.4, 0.5) is 0 Å². The smallest absolute Gasteiger partial charge is 0.270 e. The van der Waals surface area contributed by atoms with Crippen LogP contribution >= 0.6 is 0 Å². The van der Waals surface area contributed by atoms with Gasteiger partial charge in [-0.2, -0.15) is 5.26 Å². The van der Waals surface area contributed by atoms with E-state index in [9.17, 15) is 4.79 Å². The highest BCUT2D eigenvalue weighted by Gasteiger charge is 2.12. The minimum absolute atomic E-state index is 0.149. The fourth-order valence-corrected chi connectivity index (χ4v) is 1.20. The number of nitrogens with one attached hydrogen (secondary N) is 1. The van der Waals surface area contributed by atoms with Crippen molar-refractivity contribution in [2.24, 2.45) is 0 Å². The van der Waals surface area contributed by atoms with Crippen LogP contribution in [0.3, 0.4) is 0 Å². The summed E-state index contributed by atoms with van der Waals surface area (Å²) >= 11 is 0. The van der Waals surface area contributed by atoms with Crippen LogP contribution in [-0.4, -0.2) is 16.9 Å². The Morgan fingerprint density at radius 1 is 1.73 bits per heavy atom. The molecule has 78 valence electrons. The lowest BCUT2D eigenvalue weighted by atomic mass is 10.2. The Bertz CT molecular complexity index is 395. The third-order valence-corrected chi connectivity index (χ3v) is 2.00. The van der Waals surface area contributed by atoms with Crippen molar-refractivity contribution < 1.29 is 4.79 Å². The zero-order valence-corrected chi connectivity index (χ0v) is 8.82. The summed E-state index contributed by atoms with van der Waals surface area (Å²) < 4.78 is 0. The third kappa shape index (κ3) is 3.06. The van der Waals surface area contributed by atoms with Crippen molar-refractivity contribution in [3.8, 4) is 6.07 Å². The maximum absolute atomic E-state index is 11.7. The van der Waals surface area contributed by atoms with Crippen LogP contribution in [-0.2, 0) is 0 Å². The zero-order chi connectivity index (χ0) is 11.3. The second-order valence-electron chi connectivity index (χ2n) is 3.41. The first-order chi connectivity index (χ1) is 7.15. The van der Waals surface area contributed by atoms with Gasteiger partial charge in [0.1, 0.15) is 5.69 Å². The lowest BCUT2D eigenvalue weighted by Crippen LogP contribution is -2.33. The summed E-state index contributed by atoms with van der Waals surface area (Å²) in [5.74, 6) is -0.226. The predicted octanol–water partition coefficient (Wildman–Crippen LogP) is 1.42. The van der Waals surface area contributed by atoms with Gasteiger partial charge in [-0.1, -0.05) is 6.07 Å². The van der Waals surface area contributed by atoms with Gasteiger partial charge in [-0.25, -0.2) is 0 Å². The van der Waals surface area contributed by atoms with E-state index in [0.717, 1.165) is 5.56 Å². The Morgan fingerprint density at radius 3 is 3.07 bits per heavy atom. The molecule has 0 radical (unpaired) electrons. The third-order valence-electron chi connectivity index (χ3n) is 2.00. The van der Waals surface area contributed by atoms with E-state index >= 15 is 0 Å². The lowest BCUT2D eigenvalue weighted by Gasteiger charge is -2.10. The van der Waals surface area contributed by atoms with Crippen LogP contribution in [0.1, 0.15) is 29.4 Å². The van der Waals surface area contributed by atoms with Gasteiger partial charge in [-0.05, 0) is 25.5 Å². The molecule has 0 saturated carbocycles. The molecule has 0 fully saturated rings. The van der Waals surface area contributed by atoms with Gasteiger partial charge >= 0.3 is 0 Å². The van der Waals surface area contributed by atoms with Crippen LogP contribution in [0.5, 0.6) is 0 Å². The minimum atomic E-state index is -0.226. The van der Waals surface area contributed by atoms with Crippen molar-refractivity contribution >= 4 is 5.91 Å². The number of hydrogen-bond acceptors (Lipinski definition) is 3. The van der Waals surface area contributed by atoms with Crippen LogP contribution in [0.2, 0.25) is 0 Å². The Hall–Kier alpha value is -1.89. The molecule has 1 N–H and O–H groups in total. The number of nitriles is 1. The van der Waals surface area contributed by atoms with Crippen LogP contribution < -0.4 is 5.32 Å². The molecule has 15 heavy (non-hydrogen) atoms. The topological polar surface area (TPSA) is 65.8 Å². The van der Waals surface area contributed by atoms with E-state index in [1.165, 1.54) is 0 Å². The molecule has 1 heterocycles. The van der Waals surface area contributed by atoms with Gasteiger partial charge in [0, 0.05) is 12.2 Å². The molecule has 4 heteroatoms. The largest absolute Gasteiger partial charge is 0.347 e. The monoisotopic (exact) mass is 203 g/mol. The van der Waals surface area contributed by atoms with E-state index in [0.29, 0.717) is 12.1 Å². The molecule has 1 unspecified atom stereocenters. The maximum atomic E-state index is 11.7. The first-order valence-electron chi connectivity index (χ1n) is 4.74. The quantitative estimate of drug-likeness (QED) is 0.808. The molecule has 1 aromatic rings. The van der Waals surface area contributed by atoms with Crippen molar-refractivity contribution in [3.05, 3.63) is 29.6 Å². The van der Waals surface area contributed by atoms with E-state index in [4.69, 9.17) is 5.26 Å². The van der Waals surface area contributed by atoms with Crippen molar-refractivity contribution in [1.29, 1.82) is 5.26 Å². The van der Waals surface area contributed by atoms with Gasteiger partial charge in [0.2, 0.25) is 0 Å². The number of aromatic nitrogens is 1. The van der Waals surface area contributed by atoms with E-state index in [2.05, 4.69) is 10.3 Å². The van der Waals surface area contributed by atoms with E-state index in [-0.39, 0.29) is 11.9 Å². The van der Waals surface area contributed by atoms with Crippen molar-refractivity contribution in [3.63, 3.8) is 0 Å². The maximum Gasteiger partial charge on any atom is 0.270 e. The van der Waals surface area contributed by atoms with Gasteiger partial charge in [0.15, 0.2) is 0 Å². The van der Waals surface area contributed by atoms with Crippen LogP contribution in [0.25, 0.3) is 0 Å². The standard InChI is InChI=1S/C11H13N3O/c1-8-4-3-7-13-10(8)11(15)14-9(2)5-6-12/h3-4,7,9H,5H2,1-2H3,(H,14,15). The first-order valence-corrected chi connectivity index (χ1v) is 4.74. The molecule has 4 nitrogen and oxygen atoms in total. The molecule has 0 aliphatic rings. The summed E-state index contributed by atoms with van der Waals surface area (Å²) in [7, 11) is 0. The molecular weight excluding hydrogens is 190 g/mol. The summed E-state index contributed by atoms with van der Waals surface area (Å²) in [4.78, 5) is 15.7. The average molecular weight is 203 g/mol. The second kappa shape index (κ2) is 5.11. The Balaban J connectivity index is 2.70. The van der Waals surface area contributed by atoms with E-state index in [1.807, 2.05) is 19.1 Å². The first kappa shape index (κ1) is 11.2. The fraction of sp³-hybridized carbons (Fsp3) is 0.364. The Kier molecular flexibility index (Phi) is 3.81. The zero-order valence-electron chi connectivity index (χ0n) is 8.82. The molecule has 0 saturated heterocycles. The number of amides is 1. The van der Waals surface area contributed by atoms with E-state index in [1.54, 1.807) is 19.2 Å². The van der Waals surface area contributed by atoms with Crippen molar-refractivity contribution in [2.75, 3.05) is 0 Å². The number of carbonyl (C=O) groups excluding carboxylic acids is 1. The number of nitrogens with zero attached hydrogens (tertiary/aromatic N) is 2. The highest BCUT2D eigenvalue weighted by Crippen LogP contribution is 2.03. The van der Waals surface area contributed by atoms with Crippen LogP contribution in [0.15, 0.2) is 18.3 Å². The summed E-state index contributed by atoms with van der Waals surface area (Å²) in [6.07, 6.45) is 1.88. The highest BCUT2D eigenvalue weighted by atomic mass is 16.1. The molecule has 1 aromatic heterocycles. The number of hydrogen-bond donors (Lipinski definition) is 1. The number of rotatable bonds is 3. The molecule has 0 aliphatic carbocycles.